The van der Waals surface area contributed by atoms with Crippen molar-refractivity contribution >= 4 is 17.4 Å². The maximum atomic E-state index is 12.4. The number of amides is 2. The van der Waals surface area contributed by atoms with Crippen LogP contribution in [0, 0.1) is 0 Å². The largest absolute Gasteiger partial charge is 0.371 e. The summed E-state index contributed by atoms with van der Waals surface area (Å²) in [7, 11) is 0. The van der Waals surface area contributed by atoms with Gasteiger partial charge in [-0.1, -0.05) is 18.9 Å². The van der Waals surface area contributed by atoms with Gasteiger partial charge in [0.25, 0.3) is 0 Å². The Balaban J connectivity index is 1.63. The molecular formula is C17H25N3O. The van der Waals surface area contributed by atoms with Crippen molar-refractivity contribution in [1.82, 2.24) is 4.90 Å². The summed E-state index contributed by atoms with van der Waals surface area (Å²) in [5.74, 6) is 0. The quantitative estimate of drug-likeness (QED) is 0.900. The fourth-order valence-electron chi connectivity index (χ4n) is 3.23. The van der Waals surface area contributed by atoms with Gasteiger partial charge in [-0.15, -0.1) is 0 Å². The zero-order chi connectivity index (χ0) is 14.5. The highest BCUT2D eigenvalue weighted by atomic mass is 16.2. The highest BCUT2D eigenvalue weighted by Gasteiger charge is 2.16. The second kappa shape index (κ2) is 6.83. The van der Waals surface area contributed by atoms with Crippen LogP contribution < -0.4 is 10.2 Å². The summed E-state index contributed by atoms with van der Waals surface area (Å²) in [6.45, 7) is 4.03. The predicted octanol–water partition coefficient (Wildman–Crippen LogP) is 3.69. The van der Waals surface area contributed by atoms with Crippen molar-refractivity contribution in [2.75, 3.05) is 36.4 Å². The third kappa shape index (κ3) is 3.69. The number of urea groups is 1. The molecule has 3 rings (SSSR count). The first-order chi connectivity index (χ1) is 10.3. The molecule has 0 atom stereocenters. The van der Waals surface area contributed by atoms with E-state index >= 15 is 0 Å². The van der Waals surface area contributed by atoms with E-state index in [4.69, 9.17) is 0 Å². The molecule has 1 N–H and O–H groups in total. The van der Waals surface area contributed by atoms with Gasteiger partial charge in [0, 0.05) is 37.6 Å². The predicted molar refractivity (Wildman–Crippen MR) is 86.9 cm³/mol. The number of carbonyl (C=O) groups excluding carboxylic acids is 1. The standard InChI is InChI=1S/C17H25N3O/c21-17(20-12-3-1-2-4-13-20)18-15-8-7-9-16(14-15)19-10-5-6-11-19/h7-9,14H,1-6,10-13H2,(H,18,21). The number of hydrogen-bond acceptors (Lipinski definition) is 2. The molecular weight excluding hydrogens is 262 g/mol. The van der Waals surface area contributed by atoms with Crippen LogP contribution in [0.1, 0.15) is 38.5 Å². The molecule has 2 saturated heterocycles. The number of nitrogens with zero attached hydrogens (tertiary/aromatic N) is 2. The van der Waals surface area contributed by atoms with Crippen molar-refractivity contribution in [3.8, 4) is 0 Å². The van der Waals surface area contributed by atoms with Gasteiger partial charge in [0.05, 0.1) is 0 Å². The Morgan fingerprint density at radius 3 is 2.29 bits per heavy atom. The number of benzene rings is 1. The minimum atomic E-state index is 0.0514. The topological polar surface area (TPSA) is 35.6 Å². The van der Waals surface area contributed by atoms with Gasteiger partial charge in [-0.3, -0.25) is 0 Å². The maximum Gasteiger partial charge on any atom is 0.321 e. The average Bonchev–Trinajstić information content (AvgIpc) is 2.90. The third-order valence-electron chi connectivity index (χ3n) is 4.46. The molecule has 0 aromatic heterocycles. The van der Waals surface area contributed by atoms with Crippen molar-refractivity contribution in [3.63, 3.8) is 0 Å². The van der Waals surface area contributed by atoms with E-state index in [-0.39, 0.29) is 6.03 Å². The zero-order valence-electron chi connectivity index (χ0n) is 12.7. The van der Waals surface area contributed by atoms with Gasteiger partial charge < -0.3 is 15.1 Å². The van der Waals surface area contributed by atoms with Gasteiger partial charge in [0.1, 0.15) is 0 Å². The van der Waals surface area contributed by atoms with Crippen LogP contribution in [0.3, 0.4) is 0 Å². The Bertz CT molecular complexity index is 475. The molecule has 2 aliphatic rings. The van der Waals surface area contributed by atoms with Gasteiger partial charge >= 0.3 is 6.03 Å². The lowest BCUT2D eigenvalue weighted by molar-refractivity contribution is 0.214. The third-order valence-corrected chi connectivity index (χ3v) is 4.46. The summed E-state index contributed by atoms with van der Waals surface area (Å²) in [4.78, 5) is 16.7. The fraction of sp³-hybridized carbons (Fsp3) is 0.588. The molecule has 2 fully saturated rings. The molecule has 0 radical (unpaired) electrons. The van der Waals surface area contributed by atoms with E-state index in [2.05, 4.69) is 22.3 Å². The van der Waals surface area contributed by atoms with Crippen molar-refractivity contribution < 1.29 is 4.79 Å². The Hall–Kier alpha value is -1.71. The molecule has 4 nitrogen and oxygen atoms in total. The highest BCUT2D eigenvalue weighted by molar-refractivity contribution is 5.90. The smallest absolute Gasteiger partial charge is 0.321 e. The number of anilines is 2. The Morgan fingerprint density at radius 1 is 0.905 bits per heavy atom. The fourth-order valence-corrected chi connectivity index (χ4v) is 3.23. The van der Waals surface area contributed by atoms with Gasteiger partial charge in [0.15, 0.2) is 0 Å². The second-order valence-electron chi connectivity index (χ2n) is 6.08. The Labute approximate surface area is 127 Å². The second-order valence-corrected chi connectivity index (χ2v) is 6.08. The summed E-state index contributed by atoms with van der Waals surface area (Å²) in [5, 5.41) is 3.06. The highest BCUT2D eigenvalue weighted by Crippen LogP contribution is 2.23. The van der Waals surface area contributed by atoms with Crippen LogP contribution in [-0.2, 0) is 0 Å². The lowest BCUT2D eigenvalue weighted by Gasteiger charge is -2.22. The van der Waals surface area contributed by atoms with E-state index < -0.39 is 0 Å². The van der Waals surface area contributed by atoms with Crippen molar-refractivity contribution in [3.05, 3.63) is 24.3 Å². The molecule has 2 aliphatic heterocycles. The molecule has 0 unspecified atom stereocenters. The molecule has 4 heteroatoms. The molecule has 1 aromatic carbocycles. The van der Waals surface area contributed by atoms with E-state index in [1.165, 1.54) is 31.4 Å². The van der Waals surface area contributed by atoms with Gasteiger partial charge in [0.2, 0.25) is 0 Å². The van der Waals surface area contributed by atoms with Gasteiger partial charge in [-0.05, 0) is 43.9 Å². The van der Waals surface area contributed by atoms with Crippen molar-refractivity contribution in [2.24, 2.45) is 0 Å². The first kappa shape index (κ1) is 14.2. The van der Waals surface area contributed by atoms with Gasteiger partial charge in [-0.2, -0.15) is 0 Å². The lowest BCUT2D eigenvalue weighted by atomic mass is 10.2. The maximum absolute atomic E-state index is 12.4. The molecule has 2 heterocycles. The van der Waals surface area contributed by atoms with Crippen LogP contribution in [0.5, 0.6) is 0 Å². The summed E-state index contributed by atoms with van der Waals surface area (Å²) >= 11 is 0. The molecule has 0 bridgehead atoms. The number of carbonyl (C=O) groups is 1. The van der Waals surface area contributed by atoms with Crippen LogP contribution in [-0.4, -0.2) is 37.1 Å². The van der Waals surface area contributed by atoms with Crippen molar-refractivity contribution in [2.45, 2.75) is 38.5 Å². The normalized spacial score (nSPS) is 19.4. The lowest BCUT2D eigenvalue weighted by Crippen LogP contribution is -2.35. The molecule has 0 aliphatic carbocycles. The number of hydrogen-bond donors (Lipinski definition) is 1. The summed E-state index contributed by atoms with van der Waals surface area (Å²) in [6.07, 6.45) is 7.28. The van der Waals surface area contributed by atoms with E-state index in [0.717, 1.165) is 44.7 Å². The Kier molecular flexibility index (Phi) is 4.63. The number of rotatable bonds is 2. The molecule has 1 aromatic rings. The monoisotopic (exact) mass is 287 g/mol. The summed E-state index contributed by atoms with van der Waals surface area (Å²) < 4.78 is 0. The Morgan fingerprint density at radius 2 is 1.57 bits per heavy atom. The number of nitrogens with one attached hydrogen (secondary N) is 1. The van der Waals surface area contributed by atoms with E-state index in [9.17, 15) is 4.79 Å². The zero-order valence-corrected chi connectivity index (χ0v) is 12.7. The van der Waals surface area contributed by atoms with Crippen molar-refractivity contribution in [1.29, 1.82) is 0 Å². The minimum absolute atomic E-state index is 0.0514. The summed E-state index contributed by atoms with van der Waals surface area (Å²) in [6, 6.07) is 8.30. The molecule has 0 saturated carbocycles. The van der Waals surface area contributed by atoms with E-state index in [1.807, 2.05) is 17.0 Å². The van der Waals surface area contributed by atoms with E-state index in [0.29, 0.717) is 0 Å². The molecule has 114 valence electrons. The van der Waals surface area contributed by atoms with Crippen LogP contribution in [0.15, 0.2) is 24.3 Å². The first-order valence-electron chi connectivity index (χ1n) is 8.24. The average molecular weight is 287 g/mol. The van der Waals surface area contributed by atoms with E-state index in [1.54, 1.807) is 0 Å². The SMILES string of the molecule is O=C(Nc1cccc(N2CCCC2)c1)N1CCCCCC1. The van der Waals surface area contributed by atoms with Crippen LogP contribution in [0.2, 0.25) is 0 Å². The molecule has 21 heavy (non-hydrogen) atoms. The first-order valence-corrected chi connectivity index (χ1v) is 8.24. The van der Waals surface area contributed by atoms with Crippen LogP contribution in [0.25, 0.3) is 0 Å². The minimum Gasteiger partial charge on any atom is -0.371 e. The van der Waals surface area contributed by atoms with Gasteiger partial charge in [-0.25, -0.2) is 4.79 Å². The van der Waals surface area contributed by atoms with Crippen LogP contribution in [0.4, 0.5) is 16.2 Å². The molecule has 2 amide bonds. The van der Waals surface area contributed by atoms with Crippen LogP contribution >= 0.6 is 0 Å². The molecule has 0 spiro atoms. The summed E-state index contributed by atoms with van der Waals surface area (Å²) in [5.41, 5.74) is 2.13. The number of likely N-dealkylation sites (tertiary alicyclic amines) is 1.